The molecule has 9 heteroatoms. The van der Waals surface area contributed by atoms with Gasteiger partial charge in [-0.1, -0.05) is 72.3 Å². The summed E-state index contributed by atoms with van der Waals surface area (Å²) in [5.41, 5.74) is 3.13. The lowest BCUT2D eigenvalue weighted by Crippen LogP contribution is -2.49. The molecule has 38 heavy (non-hydrogen) atoms. The number of rotatable bonds is 12. The number of carbonyl (C=O) groups excluding carboxylic acids is 2. The number of carbonyl (C=O) groups is 2. The Morgan fingerprint density at radius 2 is 1.66 bits per heavy atom. The van der Waals surface area contributed by atoms with E-state index >= 15 is 0 Å². The van der Waals surface area contributed by atoms with Crippen LogP contribution in [0.5, 0.6) is 0 Å². The number of anilines is 1. The van der Waals surface area contributed by atoms with Crippen molar-refractivity contribution in [2.45, 2.75) is 38.8 Å². The predicted octanol–water partition coefficient (Wildman–Crippen LogP) is 4.58. The zero-order valence-electron chi connectivity index (χ0n) is 21.9. The van der Waals surface area contributed by atoms with Gasteiger partial charge >= 0.3 is 0 Å². The Hall–Kier alpha value is -3.36. The third-order valence-electron chi connectivity index (χ3n) is 6.26. The van der Waals surface area contributed by atoms with Crippen LogP contribution in [0.1, 0.15) is 29.5 Å². The SMILES string of the molecule is CNC(=O)[C@H](Cc1ccccc1)N(Cc1ccccc1Cl)C(=O)CCCN(c1cccc(C)c1)S(C)(=O)=O. The summed E-state index contributed by atoms with van der Waals surface area (Å²) < 4.78 is 26.4. The highest BCUT2D eigenvalue weighted by Gasteiger charge is 2.30. The number of nitrogens with one attached hydrogen (secondary N) is 1. The quantitative estimate of drug-likeness (QED) is 0.354. The average Bonchev–Trinajstić information content (AvgIpc) is 2.89. The van der Waals surface area contributed by atoms with Crippen LogP contribution >= 0.6 is 11.6 Å². The number of hydrogen-bond acceptors (Lipinski definition) is 4. The first kappa shape index (κ1) is 29.2. The molecule has 0 spiro atoms. The Morgan fingerprint density at radius 1 is 0.974 bits per heavy atom. The van der Waals surface area contributed by atoms with Crippen molar-refractivity contribution in [1.29, 1.82) is 0 Å². The van der Waals surface area contributed by atoms with Crippen molar-refractivity contribution in [3.63, 3.8) is 0 Å². The Kier molecular flexibility index (Phi) is 10.3. The van der Waals surface area contributed by atoms with Crippen molar-refractivity contribution in [2.75, 3.05) is 24.2 Å². The van der Waals surface area contributed by atoms with E-state index in [-0.39, 0.29) is 37.7 Å². The van der Waals surface area contributed by atoms with Gasteiger partial charge in [0, 0.05) is 38.0 Å². The molecule has 0 aliphatic carbocycles. The first-order chi connectivity index (χ1) is 18.1. The standard InChI is InChI=1S/C29H34ClN3O4S/c1-22-11-9-15-25(19-22)33(38(3,36)37)18-10-17-28(34)32(21-24-14-7-8-16-26(24)30)27(29(35)31-2)20-23-12-5-4-6-13-23/h4-9,11-16,19,27H,10,17-18,20-21H2,1-3H3,(H,31,35)/t27-/m0/s1. The molecule has 0 aliphatic rings. The van der Waals surface area contributed by atoms with Gasteiger partial charge in [0.05, 0.1) is 11.9 Å². The second-order valence-electron chi connectivity index (χ2n) is 9.21. The molecule has 3 aromatic rings. The average molecular weight is 556 g/mol. The van der Waals surface area contributed by atoms with E-state index in [0.717, 1.165) is 22.9 Å². The minimum Gasteiger partial charge on any atom is -0.357 e. The Balaban J connectivity index is 1.85. The summed E-state index contributed by atoms with van der Waals surface area (Å²) in [4.78, 5) is 28.3. The van der Waals surface area contributed by atoms with E-state index in [9.17, 15) is 18.0 Å². The van der Waals surface area contributed by atoms with Crippen molar-refractivity contribution in [2.24, 2.45) is 0 Å². The topological polar surface area (TPSA) is 86.8 Å². The number of likely N-dealkylation sites (N-methyl/N-ethyl adjacent to an activating group) is 1. The Bertz CT molecular complexity index is 1350. The smallest absolute Gasteiger partial charge is 0.242 e. The monoisotopic (exact) mass is 555 g/mol. The largest absolute Gasteiger partial charge is 0.357 e. The molecule has 3 rings (SSSR count). The van der Waals surface area contributed by atoms with E-state index in [0.29, 0.717) is 17.1 Å². The van der Waals surface area contributed by atoms with Crippen molar-refractivity contribution in [3.05, 3.63) is 101 Å². The number of aryl methyl sites for hydroxylation is 1. The van der Waals surface area contributed by atoms with Crippen LogP contribution in [0.25, 0.3) is 0 Å². The zero-order valence-corrected chi connectivity index (χ0v) is 23.5. The number of benzene rings is 3. The van der Waals surface area contributed by atoms with Gasteiger partial charge in [0.2, 0.25) is 21.8 Å². The summed E-state index contributed by atoms with van der Waals surface area (Å²) in [6.07, 6.45) is 1.83. The third kappa shape index (κ3) is 8.07. The molecule has 0 unspecified atom stereocenters. The maximum atomic E-state index is 13.7. The lowest BCUT2D eigenvalue weighted by atomic mass is 10.0. The van der Waals surface area contributed by atoms with Crippen LogP contribution < -0.4 is 9.62 Å². The first-order valence-corrected chi connectivity index (χ1v) is 14.7. The summed E-state index contributed by atoms with van der Waals surface area (Å²) in [5.74, 6) is -0.543. The maximum Gasteiger partial charge on any atom is 0.242 e. The van der Waals surface area contributed by atoms with E-state index in [1.807, 2.05) is 61.5 Å². The van der Waals surface area contributed by atoms with E-state index in [4.69, 9.17) is 11.6 Å². The van der Waals surface area contributed by atoms with Crippen LogP contribution in [-0.2, 0) is 32.6 Å². The molecule has 0 saturated heterocycles. The fourth-order valence-corrected chi connectivity index (χ4v) is 5.47. The summed E-state index contributed by atoms with van der Waals surface area (Å²) in [6, 6.07) is 23.2. The van der Waals surface area contributed by atoms with Crippen molar-refractivity contribution in [3.8, 4) is 0 Å². The number of hydrogen-bond donors (Lipinski definition) is 1. The van der Waals surface area contributed by atoms with Crippen molar-refractivity contribution < 1.29 is 18.0 Å². The number of sulfonamides is 1. The molecule has 3 aromatic carbocycles. The molecule has 0 fully saturated rings. The molecule has 1 atom stereocenters. The second-order valence-corrected chi connectivity index (χ2v) is 11.5. The van der Waals surface area contributed by atoms with Crippen LogP contribution in [0.3, 0.4) is 0 Å². The van der Waals surface area contributed by atoms with Gasteiger partial charge in [0.25, 0.3) is 0 Å². The molecule has 1 N–H and O–H groups in total. The molecular formula is C29H34ClN3O4S. The summed E-state index contributed by atoms with van der Waals surface area (Å²) in [5, 5.41) is 3.19. The normalized spacial score (nSPS) is 12.0. The van der Waals surface area contributed by atoms with Crippen LogP contribution in [0.2, 0.25) is 5.02 Å². The summed E-state index contributed by atoms with van der Waals surface area (Å²) >= 11 is 6.42. The minimum atomic E-state index is -3.55. The number of halogens is 1. The lowest BCUT2D eigenvalue weighted by molar-refractivity contribution is -0.141. The van der Waals surface area contributed by atoms with E-state index in [1.54, 1.807) is 36.2 Å². The van der Waals surface area contributed by atoms with Gasteiger partial charge in [0.15, 0.2) is 0 Å². The highest BCUT2D eigenvalue weighted by atomic mass is 35.5. The molecule has 7 nitrogen and oxygen atoms in total. The summed E-state index contributed by atoms with van der Waals surface area (Å²) in [6.45, 7) is 2.18. The lowest BCUT2D eigenvalue weighted by Gasteiger charge is -2.32. The van der Waals surface area contributed by atoms with Crippen LogP contribution in [0, 0.1) is 6.92 Å². The van der Waals surface area contributed by atoms with E-state index in [2.05, 4.69) is 5.32 Å². The minimum absolute atomic E-state index is 0.0601. The fourth-order valence-electron chi connectivity index (χ4n) is 4.32. The van der Waals surface area contributed by atoms with Gasteiger partial charge in [-0.3, -0.25) is 13.9 Å². The molecule has 0 heterocycles. The van der Waals surface area contributed by atoms with E-state index < -0.39 is 16.1 Å². The molecule has 0 aliphatic heterocycles. The molecule has 0 saturated carbocycles. The van der Waals surface area contributed by atoms with Gasteiger partial charge < -0.3 is 10.2 Å². The van der Waals surface area contributed by atoms with Gasteiger partial charge in [-0.05, 0) is 48.2 Å². The molecule has 2 amide bonds. The predicted molar refractivity (Wildman–Crippen MR) is 153 cm³/mol. The molecular weight excluding hydrogens is 522 g/mol. The van der Waals surface area contributed by atoms with E-state index in [1.165, 1.54) is 4.31 Å². The van der Waals surface area contributed by atoms with Crippen molar-refractivity contribution in [1.82, 2.24) is 10.2 Å². The van der Waals surface area contributed by atoms with Crippen LogP contribution in [0.4, 0.5) is 5.69 Å². The third-order valence-corrected chi connectivity index (χ3v) is 7.82. The van der Waals surface area contributed by atoms with Crippen LogP contribution in [-0.4, -0.2) is 51.0 Å². The van der Waals surface area contributed by atoms with Gasteiger partial charge in [-0.2, -0.15) is 0 Å². The summed E-state index contributed by atoms with van der Waals surface area (Å²) in [7, 11) is -2.01. The molecule has 0 aromatic heterocycles. The molecule has 0 bridgehead atoms. The maximum absolute atomic E-state index is 13.7. The number of nitrogens with zero attached hydrogens (tertiary/aromatic N) is 2. The fraction of sp³-hybridized carbons (Fsp3) is 0.310. The number of amides is 2. The second kappa shape index (κ2) is 13.4. The molecule has 202 valence electrons. The molecule has 0 radical (unpaired) electrons. The highest BCUT2D eigenvalue weighted by molar-refractivity contribution is 7.92. The van der Waals surface area contributed by atoms with Crippen molar-refractivity contribution >= 4 is 39.1 Å². The zero-order chi connectivity index (χ0) is 27.7. The van der Waals surface area contributed by atoms with Gasteiger partial charge in [-0.15, -0.1) is 0 Å². The first-order valence-electron chi connectivity index (χ1n) is 12.4. The van der Waals surface area contributed by atoms with Crippen LogP contribution in [0.15, 0.2) is 78.9 Å². The van der Waals surface area contributed by atoms with Gasteiger partial charge in [-0.25, -0.2) is 8.42 Å². The highest BCUT2D eigenvalue weighted by Crippen LogP contribution is 2.23. The van der Waals surface area contributed by atoms with Gasteiger partial charge in [0.1, 0.15) is 6.04 Å². The Morgan fingerprint density at radius 3 is 2.29 bits per heavy atom. The Labute approximate surface area is 230 Å².